The van der Waals surface area contributed by atoms with Crippen molar-refractivity contribution in [2.45, 2.75) is 68.8 Å². The SMILES string of the molecule is CC(C)(C(=O)N1C2CCC1CC(C(N)Cc1cc(F)c(F)cc1F)C2)S(=O)(=O)N1CCOCC1. The molecule has 2 bridgehead atoms. The van der Waals surface area contributed by atoms with Gasteiger partial charge in [0.2, 0.25) is 15.9 Å². The number of hydrogen-bond acceptors (Lipinski definition) is 5. The fourth-order valence-electron chi connectivity index (χ4n) is 5.57. The van der Waals surface area contributed by atoms with Gasteiger partial charge in [-0.3, -0.25) is 4.79 Å². The molecule has 0 saturated carbocycles. The van der Waals surface area contributed by atoms with Crippen molar-refractivity contribution < 1.29 is 31.1 Å². The molecule has 3 aliphatic heterocycles. The van der Waals surface area contributed by atoms with Crippen LogP contribution in [0.5, 0.6) is 0 Å². The predicted molar refractivity (Wildman–Crippen MR) is 120 cm³/mol. The van der Waals surface area contributed by atoms with E-state index in [0.717, 1.165) is 18.9 Å². The molecule has 4 rings (SSSR count). The smallest absolute Gasteiger partial charge is 0.245 e. The first-order chi connectivity index (χ1) is 15.9. The summed E-state index contributed by atoms with van der Waals surface area (Å²) in [7, 11) is -3.88. The number of rotatable bonds is 6. The minimum absolute atomic E-state index is 0.0231. The van der Waals surface area contributed by atoms with Crippen LogP contribution in [0.3, 0.4) is 0 Å². The van der Waals surface area contributed by atoms with Crippen LogP contribution in [0.4, 0.5) is 13.2 Å². The molecule has 3 aliphatic rings. The number of benzene rings is 1. The molecule has 190 valence electrons. The summed E-state index contributed by atoms with van der Waals surface area (Å²) < 4.78 is 72.5. The van der Waals surface area contributed by atoms with E-state index in [2.05, 4.69) is 0 Å². The third-order valence-corrected chi connectivity index (χ3v) is 10.1. The van der Waals surface area contributed by atoms with E-state index in [1.807, 2.05) is 0 Å². The van der Waals surface area contributed by atoms with Crippen molar-refractivity contribution in [2.75, 3.05) is 26.3 Å². The van der Waals surface area contributed by atoms with Crippen LogP contribution < -0.4 is 5.73 Å². The van der Waals surface area contributed by atoms with Gasteiger partial charge in [-0.2, -0.15) is 4.31 Å². The maximum absolute atomic E-state index is 14.1. The zero-order valence-electron chi connectivity index (χ0n) is 19.5. The van der Waals surface area contributed by atoms with Crippen LogP contribution in [0.25, 0.3) is 0 Å². The van der Waals surface area contributed by atoms with Crippen LogP contribution in [0.15, 0.2) is 12.1 Å². The van der Waals surface area contributed by atoms with Crippen molar-refractivity contribution >= 4 is 15.9 Å². The topological polar surface area (TPSA) is 92.9 Å². The number of morpholine rings is 1. The Morgan fingerprint density at radius 1 is 1.09 bits per heavy atom. The first kappa shape index (κ1) is 25.4. The summed E-state index contributed by atoms with van der Waals surface area (Å²) in [6, 6.07) is 0.563. The lowest BCUT2D eigenvalue weighted by molar-refractivity contribution is -0.138. The molecule has 2 N–H and O–H groups in total. The average Bonchev–Trinajstić information content (AvgIpc) is 3.05. The van der Waals surface area contributed by atoms with Gasteiger partial charge in [0.05, 0.1) is 13.2 Å². The molecule has 0 aromatic heterocycles. The molecule has 7 nitrogen and oxygen atoms in total. The largest absolute Gasteiger partial charge is 0.379 e. The number of amides is 1. The van der Waals surface area contributed by atoms with Gasteiger partial charge in [-0.1, -0.05) is 0 Å². The van der Waals surface area contributed by atoms with Gasteiger partial charge < -0.3 is 15.4 Å². The van der Waals surface area contributed by atoms with Gasteiger partial charge in [0.15, 0.2) is 16.4 Å². The number of ether oxygens (including phenoxy) is 1. The van der Waals surface area contributed by atoms with E-state index >= 15 is 0 Å². The molecule has 0 aliphatic carbocycles. The number of nitrogens with zero attached hydrogens (tertiary/aromatic N) is 2. The molecule has 3 unspecified atom stereocenters. The molecule has 0 radical (unpaired) electrons. The molecule has 34 heavy (non-hydrogen) atoms. The van der Waals surface area contributed by atoms with Crippen molar-refractivity contribution in [1.29, 1.82) is 0 Å². The Morgan fingerprint density at radius 2 is 1.65 bits per heavy atom. The highest BCUT2D eigenvalue weighted by Gasteiger charge is 2.53. The van der Waals surface area contributed by atoms with Crippen LogP contribution in [0, 0.1) is 23.4 Å². The number of carbonyl (C=O) groups is 1. The minimum atomic E-state index is -3.88. The van der Waals surface area contributed by atoms with Crippen LogP contribution in [-0.2, 0) is 26.0 Å². The molecule has 3 atom stereocenters. The van der Waals surface area contributed by atoms with E-state index in [4.69, 9.17) is 10.5 Å². The van der Waals surface area contributed by atoms with E-state index in [1.54, 1.807) is 4.90 Å². The number of hydrogen-bond donors (Lipinski definition) is 1. The molecule has 1 amide bonds. The Kier molecular flexibility index (Phi) is 7.03. The van der Waals surface area contributed by atoms with Gasteiger partial charge in [0.25, 0.3) is 0 Å². The molecule has 1 aromatic rings. The van der Waals surface area contributed by atoms with Crippen molar-refractivity contribution in [3.63, 3.8) is 0 Å². The Balaban J connectivity index is 1.46. The summed E-state index contributed by atoms with van der Waals surface area (Å²) in [5, 5.41) is 0. The fraction of sp³-hybridized carbons (Fsp3) is 0.696. The normalized spacial score (nSPS) is 27.1. The third kappa shape index (κ3) is 4.47. The Bertz CT molecular complexity index is 1030. The summed E-state index contributed by atoms with van der Waals surface area (Å²) in [5.41, 5.74) is 6.39. The lowest BCUT2D eigenvalue weighted by Crippen LogP contribution is -2.60. The summed E-state index contributed by atoms with van der Waals surface area (Å²) >= 11 is 0. The molecule has 3 fully saturated rings. The Hall–Kier alpha value is -1.69. The second-order valence-electron chi connectivity index (χ2n) is 10.1. The summed E-state index contributed by atoms with van der Waals surface area (Å²) in [6.45, 7) is 3.98. The van der Waals surface area contributed by atoms with Crippen molar-refractivity contribution in [3.05, 3.63) is 35.1 Å². The monoisotopic (exact) mass is 503 g/mol. The standard InChI is InChI=1S/C23H32F3N3O4S/c1-23(2,34(31,32)28-5-7-33-8-6-28)22(30)29-16-3-4-17(29)10-15(9-16)21(27)12-14-11-19(25)20(26)13-18(14)24/h11,13,15-17,21H,3-10,12,27H2,1-2H3. The zero-order valence-corrected chi connectivity index (χ0v) is 20.3. The molecule has 3 heterocycles. The number of nitrogens with two attached hydrogens (primary N) is 1. The highest BCUT2D eigenvalue weighted by atomic mass is 32.2. The summed E-state index contributed by atoms with van der Waals surface area (Å²) in [6.07, 6.45) is 2.66. The van der Waals surface area contributed by atoms with Gasteiger partial charge in [-0.25, -0.2) is 21.6 Å². The quantitative estimate of drug-likeness (QED) is 0.601. The molecule has 0 spiro atoms. The first-order valence-corrected chi connectivity index (χ1v) is 13.2. The maximum atomic E-state index is 14.1. The number of carbonyl (C=O) groups excluding carboxylic acids is 1. The van der Waals surface area contributed by atoms with Gasteiger partial charge in [-0.15, -0.1) is 0 Å². The van der Waals surface area contributed by atoms with Gasteiger partial charge >= 0.3 is 0 Å². The Morgan fingerprint density at radius 3 is 2.24 bits per heavy atom. The molecular formula is C23H32F3N3O4S. The van der Waals surface area contributed by atoms with Crippen LogP contribution in [0.1, 0.15) is 45.1 Å². The highest BCUT2D eigenvalue weighted by molar-refractivity contribution is 7.91. The molecule has 1 aromatic carbocycles. The van der Waals surface area contributed by atoms with E-state index < -0.39 is 44.2 Å². The number of piperidine rings is 1. The highest BCUT2D eigenvalue weighted by Crippen LogP contribution is 2.42. The Labute approximate surface area is 198 Å². The van der Waals surface area contributed by atoms with Crippen molar-refractivity contribution in [2.24, 2.45) is 11.7 Å². The van der Waals surface area contributed by atoms with Crippen LogP contribution >= 0.6 is 0 Å². The molecule has 11 heteroatoms. The second kappa shape index (κ2) is 9.40. The number of fused-ring (bicyclic) bond motifs is 2. The van der Waals surface area contributed by atoms with E-state index in [0.29, 0.717) is 32.1 Å². The first-order valence-electron chi connectivity index (χ1n) is 11.7. The lowest BCUT2D eigenvalue weighted by atomic mass is 9.82. The number of halogens is 3. The maximum Gasteiger partial charge on any atom is 0.245 e. The summed E-state index contributed by atoms with van der Waals surface area (Å²) in [4.78, 5) is 15.3. The minimum Gasteiger partial charge on any atom is -0.379 e. The van der Waals surface area contributed by atoms with Crippen molar-refractivity contribution in [1.82, 2.24) is 9.21 Å². The fourth-order valence-corrected chi connectivity index (χ4v) is 7.17. The van der Waals surface area contributed by atoms with Crippen LogP contribution in [0.2, 0.25) is 0 Å². The second-order valence-corrected chi connectivity index (χ2v) is 12.6. The van der Waals surface area contributed by atoms with E-state index in [1.165, 1.54) is 18.2 Å². The number of sulfonamides is 1. The van der Waals surface area contributed by atoms with Gasteiger partial charge in [0, 0.05) is 37.3 Å². The zero-order chi connectivity index (χ0) is 24.8. The van der Waals surface area contributed by atoms with Gasteiger partial charge in [0.1, 0.15) is 5.82 Å². The molecule has 3 saturated heterocycles. The predicted octanol–water partition coefficient (Wildman–Crippen LogP) is 2.18. The summed E-state index contributed by atoms with van der Waals surface area (Å²) in [5.74, 6) is -3.65. The lowest BCUT2D eigenvalue weighted by Gasteiger charge is -2.44. The van der Waals surface area contributed by atoms with E-state index in [9.17, 15) is 26.4 Å². The van der Waals surface area contributed by atoms with Gasteiger partial charge in [-0.05, 0) is 63.5 Å². The van der Waals surface area contributed by atoms with E-state index in [-0.39, 0.29) is 43.1 Å². The third-order valence-electron chi connectivity index (χ3n) is 7.62. The molecular weight excluding hydrogens is 471 g/mol. The average molecular weight is 504 g/mol. The van der Waals surface area contributed by atoms with Crippen LogP contribution in [-0.4, -0.2) is 72.7 Å². The van der Waals surface area contributed by atoms with Crippen molar-refractivity contribution in [3.8, 4) is 0 Å².